The van der Waals surface area contributed by atoms with Gasteiger partial charge in [0.2, 0.25) is 0 Å². The number of thiazole rings is 1. The predicted octanol–water partition coefficient (Wildman–Crippen LogP) is 3.78. The maximum Gasteiger partial charge on any atom is 0.282 e. The second-order valence-corrected chi connectivity index (χ2v) is 7.91. The first kappa shape index (κ1) is 17.3. The first-order valence-corrected chi connectivity index (χ1v) is 9.52. The highest BCUT2D eigenvalue weighted by Gasteiger charge is 2.37. The highest BCUT2D eigenvalue weighted by molar-refractivity contribution is 7.20. The third-order valence-electron chi connectivity index (χ3n) is 4.81. The molecule has 1 aliphatic heterocycles. The van der Waals surface area contributed by atoms with Gasteiger partial charge in [0, 0.05) is 23.7 Å². The van der Waals surface area contributed by atoms with Gasteiger partial charge < -0.3 is 15.1 Å². The van der Waals surface area contributed by atoms with E-state index in [-0.39, 0.29) is 11.7 Å². The number of likely N-dealkylation sites (tertiary alicyclic amines) is 1. The highest BCUT2D eigenvalue weighted by Crippen LogP contribution is 2.37. The van der Waals surface area contributed by atoms with Crippen molar-refractivity contribution in [2.45, 2.75) is 18.4 Å². The minimum atomic E-state index is -1.02. The molecule has 0 atom stereocenters. The Morgan fingerprint density at radius 2 is 1.92 bits per heavy atom. The average Bonchev–Trinajstić information content (AvgIpc) is 3.05. The minimum Gasteiger partial charge on any atom is -0.508 e. The number of aromatic hydroxyl groups is 1. The topological polar surface area (TPSA) is 73.7 Å². The largest absolute Gasteiger partial charge is 0.508 e. The number of nitrogens with zero attached hydrogens (tertiary/aromatic N) is 2. The molecule has 1 saturated heterocycles. The number of aromatic nitrogens is 1. The fraction of sp³-hybridized carbons (Fsp3) is 0.263. The number of halogens is 1. The Hall–Kier alpha value is -2.15. The Kier molecular flexibility index (Phi) is 4.34. The van der Waals surface area contributed by atoms with E-state index in [2.05, 4.69) is 4.98 Å². The average molecular weight is 389 g/mol. The van der Waals surface area contributed by atoms with E-state index in [1.807, 2.05) is 18.2 Å². The normalized spacial score (nSPS) is 16.8. The number of amides is 1. The lowest BCUT2D eigenvalue weighted by atomic mass is 9.84. The second kappa shape index (κ2) is 6.54. The van der Waals surface area contributed by atoms with Crippen molar-refractivity contribution in [1.29, 1.82) is 0 Å². The smallest absolute Gasteiger partial charge is 0.282 e. The van der Waals surface area contributed by atoms with E-state index < -0.39 is 5.60 Å². The van der Waals surface area contributed by atoms with Gasteiger partial charge in [0.05, 0.1) is 15.8 Å². The molecule has 0 spiro atoms. The highest BCUT2D eigenvalue weighted by atomic mass is 35.5. The van der Waals surface area contributed by atoms with Crippen LogP contribution in [0, 0.1) is 0 Å². The van der Waals surface area contributed by atoms with Crippen molar-refractivity contribution in [1.82, 2.24) is 9.88 Å². The molecule has 0 aliphatic carbocycles. The molecule has 1 aromatic heterocycles. The Morgan fingerprint density at radius 1 is 1.19 bits per heavy atom. The van der Waals surface area contributed by atoms with E-state index in [4.69, 9.17) is 11.6 Å². The van der Waals surface area contributed by atoms with Crippen LogP contribution in [0.15, 0.2) is 42.5 Å². The molecule has 5 nitrogen and oxygen atoms in total. The Morgan fingerprint density at radius 3 is 2.65 bits per heavy atom. The molecule has 0 bridgehead atoms. The van der Waals surface area contributed by atoms with Crippen molar-refractivity contribution < 1.29 is 15.0 Å². The number of phenolic OH excluding ortho intramolecular Hbond substituents is 1. The van der Waals surface area contributed by atoms with Crippen LogP contribution in [-0.4, -0.2) is 39.1 Å². The van der Waals surface area contributed by atoms with Crippen LogP contribution < -0.4 is 0 Å². The van der Waals surface area contributed by atoms with Crippen LogP contribution >= 0.6 is 22.9 Å². The molecule has 0 radical (unpaired) electrons. The summed E-state index contributed by atoms with van der Waals surface area (Å²) in [5.74, 6) is 0.00910. The number of phenols is 1. The molecule has 3 aromatic rings. The lowest BCUT2D eigenvalue weighted by molar-refractivity contribution is -0.0210. The molecule has 4 rings (SSSR count). The first-order chi connectivity index (χ1) is 12.5. The van der Waals surface area contributed by atoms with E-state index in [0.717, 1.165) is 4.70 Å². The summed E-state index contributed by atoms with van der Waals surface area (Å²) in [6, 6.07) is 12.1. The van der Waals surface area contributed by atoms with Crippen molar-refractivity contribution in [3.8, 4) is 5.75 Å². The minimum absolute atomic E-state index is 0.146. The van der Waals surface area contributed by atoms with Crippen LogP contribution in [0.25, 0.3) is 10.2 Å². The zero-order valence-electron chi connectivity index (χ0n) is 13.9. The van der Waals surface area contributed by atoms with E-state index in [0.29, 0.717) is 47.0 Å². The predicted molar refractivity (Wildman–Crippen MR) is 102 cm³/mol. The molecule has 7 heteroatoms. The SMILES string of the molecule is O=C(c1nc2ccc(O)cc2s1)N1CCC(O)(c2ccccc2Cl)CC1. The molecule has 1 aliphatic rings. The summed E-state index contributed by atoms with van der Waals surface area (Å²) in [5, 5.41) is 21.5. The number of carbonyl (C=O) groups excluding carboxylic acids is 1. The molecule has 2 aromatic carbocycles. The third kappa shape index (κ3) is 3.05. The molecule has 134 valence electrons. The van der Waals surface area contributed by atoms with Gasteiger partial charge in [0.15, 0.2) is 5.01 Å². The summed E-state index contributed by atoms with van der Waals surface area (Å²) in [7, 11) is 0. The van der Waals surface area contributed by atoms with Gasteiger partial charge in [-0.15, -0.1) is 11.3 Å². The van der Waals surface area contributed by atoms with Crippen molar-refractivity contribution in [3.05, 3.63) is 58.1 Å². The summed E-state index contributed by atoms with van der Waals surface area (Å²) in [6.45, 7) is 0.865. The maximum absolute atomic E-state index is 12.8. The Labute approximate surface area is 159 Å². The first-order valence-electron chi connectivity index (χ1n) is 8.32. The fourth-order valence-corrected chi connectivity index (χ4v) is 4.61. The van der Waals surface area contributed by atoms with Crippen molar-refractivity contribution >= 4 is 39.1 Å². The van der Waals surface area contributed by atoms with Gasteiger partial charge >= 0.3 is 0 Å². The number of carbonyl (C=O) groups is 1. The molecule has 2 heterocycles. The molecule has 1 fully saturated rings. The quantitative estimate of drug-likeness (QED) is 0.700. The number of rotatable bonds is 2. The van der Waals surface area contributed by atoms with Crippen LogP contribution in [0.4, 0.5) is 0 Å². The van der Waals surface area contributed by atoms with Crippen LogP contribution in [0.1, 0.15) is 28.2 Å². The van der Waals surface area contributed by atoms with Gasteiger partial charge in [-0.2, -0.15) is 0 Å². The monoisotopic (exact) mass is 388 g/mol. The van der Waals surface area contributed by atoms with E-state index in [1.54, 1.807) is 29.2 Å². The maximum atomic E-state index is 12.8. The van der Waals surface area contributed by atoms with Gasteiger partial charge in [-0.05, 0) is 37.1 Å². The van der Waals surface area contributed by atoms with Crippen molar-refractivity contribution in [2.24, 2.45) is 0 Å². The zero-order chi connectivity index (χ0) is 18.3. The molecule has 2 N–H and O–H groups in total. The zero-order valence-corrected chi connectivity index (χ0v) is 15.4. The summed E-state index contributed by atoms with van der Waals surface area (Å²) < 4.78 is 0.776. The van der Waals surface area contributed by atoms with Crippen molar-refractivity contribution in [2.75, 3.05) is 13.1 Å². The summed E-state index contributed by atoms with van der Waals surface area (Å²) in [6.07, 6.45) is 0.850. The van der Waals surface area contributed by atoms with Gasteiger partial charge in [-0.25, -0.2) is 4.98 Å². The van der Waals surface area contributed by atoms with Crippen LogP contribution in [0.2, 0.25) is 5.02 Å². The number of aliphatic hydroxyl groups is 1. The van der Waals surface area contributed by atoms with Crippen molar-refractivity contribution in [3.63, 3.8) is 0 Å². The van der Waals surface area contributed by atoms with E-state index >= 15 is 0 Å². The lowest BCUT2D eigenvalue weighted by Crippen LogP contribution is -2.45. The summed E-state index contributed by atoms with van der Waals surface area (Å²) in [4.78, 5) is 18.9. The Balaban J connectivity index is 1.52. The molecule has 26 heavy (non-hydrogen) atoms. The molecule has 0 unspecified atom stereocenters. The van der Waals surface area contributed by atoms with E-state index in [9.17, 15) is 15.0 Å². The number of hydrogen-bond donors (Lipinski definition) is 2. The lowest BCUT2D eigenvalue weighted by Gasteiger charge is -2.38. The number of hydrogen-bond acceptors (Lipinski definition) is 5. The van der Waals surface area contributed by atoms with E-state index in [1.165, 1.54) is 11.3 Å². The van der Waals surface area contributed by atoms with Crippen LogP contribution in [0.5, 0.6) is 5.75 Å². The number of piperidine rings is 1. The summed E-state index contributed by atoms with van der Waals surface area (Å²) >= 11 is 7.50. The van der Waals surface area contributed by atoms with Crippen LogP contribution in [-0.2, 0) is 5.60 Å². The standard InChI is InChI=1S/C19H17ClN2O3S/c20-14-4-2-1-3-13(14)19(25)7-9-22(10-8-19)18(24)17-21-15-6-5-12(23)11-16(15)26-17/h1-6,11,23,25H,7-10H2. The van der Waals surface area contributed by atoms with Gasteiger partial charge in [-0.3, -0.25) is 4.79 Å². The number of fused-ring (bicyclic) bond motifs is 1. The van der Waals surface area contributed by atoms with Crippen LogP contribution in [0.3, 0.4) is 0 Å². The van der Waals surface area contributed by atoms with Gasteiger partial charge in [0.1, 0.15) is 5.75 Å². The molecular formula is C19H17ClN2O3S. The summed E-state index contributed by atoms with van der Waals surface area (Å²) in [5.41, 5.74) is 0.388. The second-order valence-electron chi connectivity index (χ2n) is 6.47. The Bertz CT molecular complexity index is 980. The third-order valence-corrected chi connectivity index (χ3v) is 6.14. The fourth-order valence-electron chi connectivity index (χ4n) is 3.33. The molecule has 0 saturated carbocycles. The van der Waals surface area contributed by atoms with Gasteiger partial charge in [0.25, 0.3) is 5.91 Å². The molecule has 1 amide bonds. The molecular weight excluding hydrogens is 372 g/mol. The number of benzene rings is 2. The van der Waals surface area contributed by atoms with Gasteiger partial charge in [-0.1, -0.05) is 29.8 Å².